The molecule has 1 N–H and O–H groups in total. The number of nitrogens with zero attached hydrogens (tertiary/aromatic N) is 2. The van der Waals surface area contributed by atoms with Crippen molar-refractivity contribution in [1.82, 2.24) is 9.88 Å². The Kier molecular flexibility index (Phi) is 6.94. The van der Waals surface area contributed by atoms with Crippen molar-refractivity contribution in [3.8, 4) is 16.9 Å². The predicted molar refractivity (Wildman–Crippen MR) is 154 cm³/mol. The van der Waals surface area contributed by atoms with Crippen molar-refractivity contribution in [3.63, 3.8) is 0 Å². The van der Waals surface area contributed by atoms with Gasteiger partial charge in [0, 0.05) is 29.9 Å². The summed E-state index contributed by atoms with van der Waals surface area (Å²) in [6, 6.07) is 14.5. The van der Waals surface area contributed by atoms with E-state index in [-0.39, 0.29) is 23.4 Å². The number of rotatable bonds is 8. The first kappa shape index (κ1) is 26.9. The van der Waals surface area contributed by atoms with E-state index in [4.69, 9.17) is 4.74 Å². The van der Waals surface area contributed by atoms with E-state index in [0.717, 1.165) is 78.9 Å². The average Bonchev–Trinajstić information content (AvgIpc) is 3.77. The largest absolute Gasteiger partial charge is 0.485 e. The summed E-state index contributed by atoms with van der Waals surface area (Å²) in [6.07, 6.45) is 6.29. The van der Waals surface area contributed by atoms with Crippen molar-refractivity contribution in [3.05, 3.63) is 82.4 Å². The van der Waals surface area contributed by atoms with Crippen LogP contribution in [0.1, 0.15) is 86.4 Å². The zero-order chi connectivity index (χ0) is 28.2. The van der Waals surface area contributed by atoms with E-state index in [1.807, 2.05) is 26.0 Å². The first-order valence-corrected chi connectivity index (χ1v) is 14.6. The molecule has 1 saturated carbocycles. The van der Waals surface area contributed by atoms with Crippen LogP contribution in [0.2, 0.25) is 0 Å². The maximum absolute atomic E-state index is 15.0. The highest BCUT2D eigenvalue weighted by atomic mass is 19.1. The fraction of sp³-hybridized carbons (Fsp3) is 0.471. The second-order valence-electron chi connectivity index (χ2n) is 12.7. The van der Waals surface area contributed by atoms with Crippen molar-refractivity contribution in [1.29, 1.82) is 0 Å². The van der Waals surface area contributed by atoms with Gasteiger partial charge in [-0.2, -0.15) is 0 Å². The molecule has 0 unspecified atom stereocenters. The highest BCUT2D eigenvalue weighted by Gasteiger charge is 2.39. The normalized spacial score (nSPS) is 21.6. The minimum Gasteiger partial charge on any atom is -0.485 e. The van der Waals surface area contributed by atoms with Crippen molar-refractivity contribution >= 4 is 5.97 Å². The zero-order valence-corrected chi connectivity index (χ0v) is 23.9. The molecular formula is C34H39FN2O3. The Labute approximate surface area is 236 Å². The molecule has 6 heteroatoms. The molecule has 0 radical (unpaired) electrons. The number of hydrogen-bond donors (Lipinski definition) is 1. The Morgan fingerprint density at radius 2 is 1.95 bits per heavy atom. The molecule has 2 aliphatic heterocycles. The van der Waals surface area contributed by atoms with Gasteiger partial charge < -0.3 is 9.84 Å². The molecule has 0 spiro atoms. The van der Waals surface area contributed by atoms with Gasteiger partial charge in [-0.3, -0.25) is 14.7 Å². The number of likely N-dealkylation sites (tertiary alicyclic amines) is 1. The van der Waals surface area contributed by atoms with Crippen LogP contribution in [-0.4, -0.2) is 33.0 Å². The molecule has 5 nitrogen and oxygen atoms in total. The number of carboxylic acids is 1. The number of halogens is 1. The van der Waals surface area contributed by atoms with Crippen LogP contribution in [0.5, 0.6) is 5.75 Å². The van der Waals surface area contributed by atoms with Crippen LogP contribution in [0.25, 0.3) is 11.1 Å². The molecular weight excluding hydrogens is 503 g/mol. The smallest absolute Gasteiger partial charge is 0.306 e. The van der Waals surface area contributed by atoms with E-state index in [1.54, 1.807) is 0 Å². The van der Waals surface area contributed by atoms with E-state index in [0.29, 0.717) is 11.5 Å². The van der Waals surface area contributed by atoms with Crippen LogP contribution in [0.4, 0.5) is 4.39 Å². The van der Waals surface area contributed by atoms with Crippen LogP contribution in [0.3, 0.4) is 0 Å². The first-order chi connectivity index (χ1) is 19.1. The number of hydrogen-bond acceptors (Lipinski definition) is 4. The molecule has 3 heterocycles. The monoisotopic (exact) mass is 542 g/mol. The highest BCUT2D eigenvalue weighted by Crippen LogP contribution is 2.48. The minimum atomic E-state index is -0.743. The third-order valence-corrected chi connectivity index (χ3v) is 9.47. The second kappa shape index (κ2) is 10.3. The van der Waals surface area contributed by atoms with Gasteiger partial charge in [-0.1, -0.05) is 37.3 Å². The van der Waals surface area contributed by atoms with Gasteiger partial charge in [0.2, 0.25) is 0 Å². The number of carbonyl (C=O) groups is 1. The van der Waals surface area contributed by atoms with Gasteiger partial charge in [0.05, 0.1) is 12.1 Å². The summed E-state index contributed by atoms with van der Waals surface area (Å²) in [6.45, 7) is 10.0. The molecule has 6 rings (SSSR count). The van der Waals surface area contributed by atoms with Gasteiger partial charge in [0.1, 0.15) is 17.7 Å². The SMILES string of the molecule is Cc1cc(-c2ccc([C@H]3CCc4ccc([C@H](C5CC5)[C@H](C)C(=O)O)cc4O3)cc2CN2CCC2(C)C)c(F)cn1. The van der Waals surface area contributed by atoms with E-state index in [9.17, 15) is 14.3 Å². The molecule has 2 fully saturated rings. The number of aromatic nitrogens is 1. The Morgan fingerprint density at radius 1 is 1.15 bits per heavy atom. The molecule has 2 aromatic carbocycles. The van der Waals surface area contributed by atoms with Crippen LogP contribution in [0, 0.1) is 24.6 Å². The number of benzene rings is 2. The van der Waals surface area contributed by atoms with Crippen molar-refractivity contribution < 1.29 is 19.0 Å². The summed E-state index contributed by atoms with van der Waals surface area (Å²) in [5.74, 6) is -0.172. The van der Waals surface area contributed by atoms with E-state index in [2.05, 4.69) is 54.1 Å². The Balaban J connectivity index is 1.32. The number of aliphatic carboxylic acids is 1. The number of aryl methyl sites for hydroxylation is 2. The van der Waals surface area contributed by atoms with Gasteiger partial charge in [-0.15, -0.1) is 0 Å². The minimum absolute atomic E-state index is 0.0104. The Hall–Kier alpha value is -3.25. The predicted octanol–water partition coefficient (Wildman–Crippen LogP) is 7.46. The van der Waals surface area contributed by atoms with E-state index in [1.165, 1.54) is 11.8 Å². The lowest BCUT2D eigenvalue weighted by molar-refractivity contribution is -0.142. The van der Waals surface area contributed by atoms with Gasteiger partial charge >= 0.3 is 5.97 Å². The fourth-order valence-electron chi connectivity index (χ4n) is 6.58. The summed E-state index contributed by atoms with van der Waals surface area (Å²) < 4.78 is 21.6. The lowest BCUT2D eigenvalue weighted by atomic mass is 9.82. The lowest BCUT2D eigenvalue weighted by Gasteiger charge is -2.49. The summed E-state index contributed by atoms with van der Waals surface area (Å²) in [5, 5.41) is 9.74. The summed E-state index contributed by atoms with van der Waals surface area (Å²) in [4.78, 5) is 18.4. The maximum atomic E-state index is 15.0. The van der Waals surface area contributed by atoms with E-state index < -0.39 is 11.9 Å². The summed E-state index contributed by atoms with van der Waals surface area (Å²) in [5.41, 5.74) is 6.84. The average molecular weight is 543 g/mol. The Bertz CT molecular complexity index is 1450. The molecule has 1 aromatic heterocycles. The molecule has 3 atom stereocenters. The van der Waals surface area contributed by atoms with Crippen molar-refractivity contribution in [2.75, 3.05) is 6.54 Å². The molecule has 0 amide bonds. The quantitative estimate of drug-likeness (QED) is 0.320. The molecule has 210 valence electrons. The molecule has 40 heavy (non-hydrogen) atoms. The lowest BCUT2D eigenvalue weighted by Crippen LogP contribution is -2.54. The molecule has 3 aromatic rings. The maximum Gasteiger partial charge on any atom is 0.306 e. The first-order valence-electron chi connectivity index (χ1n) is 14.6. The van der Waals surface area contributed by atoms with Crippen LogP contribution < -0.4 is 4.74 Å². The number of pyridine rings is 1. The van der Waals surface area contributed by atoms with Gasteiger partial charge in [-0.05, 0) is 105 Å². The highest BCUT2D eigenvalue weighted by molar-refractivity contribution is 5.71. The van der Waals surface area contributed by atoms with Gasteiger partial charge in [-0.25, -0.2) is 4.39 Å². The summed E-state index contributed by atoms with van der Waals surface area (Å²) in [7, 11) is 0. The van der Waals surface area contributed by atoms with Crippen LogP contribution in [-0.2, 0) is 17.8 Å². The topological polar surface area (TPSA) is 62.7 Å². The molecule has 0 bridgehead atoms. The van der Waals surface area contributed by atoms with Gasteiger partial charge in [0.15, 0.2) is 0 Å². The number of carboxylic acid groups (broad SMARTS) is 1. The second-order valence-corrected chi connectivity index (χ2v) is 12.7. The molecule has 3 aliphatic rings. The summed E-state index contributed by atoms with van der Waals surface area (Å²) >= 11 is 0. The van der Waals surface area contributed by atoms with Crippen molar-refractivity contribution in [2.24, 2.45) is 11.8 Å². The molecule has 1 aliphatic carbocycles. The number of fused-ring (bicyclic) bond motifs is 1. The van der Waals surface area contributed by atoms with Crippen LogP contribution >= 0.6 is 0 Å². The third kappa shape index (κ3) is 5.14. The zero-order valence-electron chi connectivity index (χ0n) is 23.9. The number of ether oxygens (including phenoxy) is 1. The van der Waals surface area contributed by atoms with Crippen molar-refractivity contribution in [2.45, 2.75) is 83.9 Å². The Morgan fingerprint density at radius 3 is 2.62 bits per heavy atom. The standard InChI is InChI=1S/C34H39FN2O3/c1-20-15-28(29(35)18-36-20)27-11-9-24(16-26(27)19-37-14-13-34(37,3)4)30-12-10-22-5-8-25(17-31(22)40-30)32(23-6-7-23)21(2)33(38)39/h5,8-9,11,15-18,21,23,30,32H,6-7,10,12-14,19H2,1-4H3,(H,38,39)/t21-,30+,32-/m0/s1. The third-order valence-electron chi connectivity index (χ3n) is 9.47. The fourth-order valence-corrected chi connectivity index (χ4v) is 6.58. The van der Waals surface area contributed by atoms with Crippen LogP contribution in [0.15, 0.2) is 48.7 Å². The van der Waals surface area contributed by atoms with Gasteiger partial charge in [0.25, 0.3) is 0 Å². The molecule has 1 saturated heterocycles. The van der Waals surface area contributed by atoms with E-state index >= 15 is 0 Å².